The molecular weight excluding hydrogens is 214 g/mol. The molecule has 0 bridgehead atoms. The smallest absolute Gasteiger partial charge is 0.225 e. The van der Waals surface area contributed by atoms with Gasteiger partial charge in [0.2, 0.25) is 5.91 Å². The van der Waals surface area contributed by atoms with Crippen LogP contribution >= 0.6 is 0 Å². The fourth-order valence-electron chi connectivity index (χ4n) is 2.11. The van der Waals surface area contributed by atoms with E-state index in [9.17, 15) is 9.90 Å². The topological polar surface area (TPSA) is 40.5 Å². The lowest BCUT2D eigenvalue weighted by Gasteiger charge is -2.33. The van der Waals surface area contributed by atoms with Gasteiger partial charge < -0.3 is 10.0 Å². The van der Waals surface area contributed by atoms with Crippen LogP contribution in [-0.4, -0.2) is 23.0 Å². The highest BCUT2D eigenvalue weighted by molar-refractivity contribution is 5.79. The first-order chi connectivity index (χ1) is 8.09. The van der Waals surface area contributed by atoms with E-state index >= 15 is 0 Å². The zero-order valence-corrected chi connectivity index (χ0v) is 10.4. The predicted octanol–water partition coefficient (Wildman–Crippen LogP) is 2.71. The third-order valence-corrected chi connectivity index (χ3v) is 3.76. The molecule has 1 fully saturated rings. The number of rotatable bonds is 3. The summed E-state index contributed by atoms with van der Waals surface area (Å²) >= 11 is 0. The zero-order valence-electron chi connectivity index (χ0n) is 10.4. The van der Waals surface area contributed by atoms with Gasteiger partial charge in [-0.2, -0.15) is 0 Å². The minimum atomic E-state index is 0.0590. The summed E-state index contributed by atoms with van der Waals surface area (Å²) in [5.41, 5.74) is 1.05. The van der Waals surface area contributed by atoms with Gasteiger partial charge in [-0.05, 0) is 37.5 Å². The van der Waals surface area contributed by atoms with E-state index in [1.807, 2.05) is 31.0 Å². The van der Waals surface area contributed by atoms with Crippen molar-refractivity contribution in [3.05, 3.63) is 29.8 Å². The number of carbonyl (C=O) groups is 1. The summed E-state index contributed by atoms with van der Waals surface area (Å²) in [5, 5.41) is 9.24. The standard InChI is InChI=1S/C14H19NO2/c1-10(11-6-8-13(16)9-7-11)15(2)14(17)12-4-3-5-12/h6-10,12,16H,3-5H2,1-2H3. The third-order valence-electron chi connectivity index (χ3n) is 3.76. The van der Waals surface area contributed by atoms with Gasteiger partial charge in [0.05, 0.1) is 6.04 Å². The number of aromatic hydroxyl groups is 1. The van der Waals surface area contributed by atoms with Gasteiger partial charge in [0.25, 0.3) is 0 Å². The van der Waals surface area contributed by atoms with Crippen molar-refractivity contribution >= 4 is 5.91 Å². The Morgan fingerprint density at radius 3 is 2.41 bits per heavy atom. The van der Waals surface area contributed by atoms with E-state index in [-0.39, 0.29) is 23.6 Å². The van der Waals surface area contributed by atoms with Crippen molar-refractivity contribution in [3.8, 4) is 5.75 Å². The Morgan fingerprint density at radius 2 is 1.94 bits per heavy atom. The number of hydrogen-bond acceptors (Lipinski definition) is 2. The molecule has 1 N–H and O–H groups in total. The molecule has 1 atom stereocenters. The lowest BCUT2D eigenvalue weighted by atomic mass is 9.84. The van der Waals surface area contributed by atoms with Crippen molar-refractivity contribution in [1.82, 2.24) is 4.90 Å². The van der Waals surface area contributed by atoms with E-state index in [2.05, 4.69) is 0 Å². The largest absolute Gasteiger partial charge is 0.508 e. The van der Waals surface area contributed by atoms with E-state index in [1.54, 1.807) is 12.1 Å². The monoisotopic (exact) mass is 233 g/mol. The quantitative estimate of drug-likeness (QED) is 0.872. The van der Waals surface area contributed by atoms with Crippen LogP contribution in [-0.2, 0) is 4.79 Å². The summed E-state index contributed by atoms with van der Waals surface area (Å²) in [7, 11) is 1.86. The average Bonchev–Trinajstić information content (AvgIpc) is 2.25. The van der Waals surface area contributed by atoms with Gasteiger partial charge in [0, 0.05) is 13.0 Å². The molecule has 2 rings (SSSR count). The average molecular weight is 233 g/mol. The number of phenolic OH excluding ortho intramolecular Hbond substituents is 1. The van der Waals surface area contributed by atoms with Crippen LogP contribution in [0.1, 0.15) is 37.8 Å². The molecule has 1 saturated carbocycles. The summed E-state index contributed by atoms with van der Waals surface area (Å²) in [5.74, 6) is 0.741. The van der Waals surface area contributed by atoms with E-state index < -0.39 is 0 Å². The summed E-state index contributed by atoms with van der Waals surface area (Å²) in [4.78, 5) is 13.9. The number of amides is 1. The first kappa shape index (κ1) is 12.0. The lowest BCUT2D eigenvalue weighted by molar-refractivity contribution is -0.138. The highest BCUT2D eigenvalue weighted by atomic mass is 16.3. The second-order valence-electron chi connectivity index (χ2n) is 4.84. The van der Waals surface area contributed by atoms with Gasteiger partial charge in [-0.15, -0.1) is 0 Å². The SMILES string of the molecule is CC(c1ccc(O)cc1)N(C)C(=O)C1CCC1. The molecule has 0 radical (unpaired) electrons. The fourth-order valence-corrected chi connectivity index (χ4v) is 2.11. The summed E-state index contributed by atoms with van der Waals surface area (Å²) < 4.78 is 0. The Bertz CT molecular complexity index is 395. The molecule has 0 heterocycles. The third kappa shape index (κ3) is 2.43. The van der Waals surface area contributed by atoms with Crippen molar-refractivity contribution in [1.29, 1.82) is 0 Å². The van der Waals surface area contributed by atoms with Crippen molar-refractivity contribution in [2.45, 2.75) is 32.2 Å². The molecular formula is C14H19NO2. The molecule has 1 unspecified atom stereocenters. The van der Waals surface area contributed by atoms with Crippen LogP contribution in [0.5, 0.6) is 5.75 Å². The highest BCUT2D eigenvalue weighted by Gasteiger charge is 2.29. The van der Waals surface area contributed by atoms with E-state index in [1.165, 1.54) is 6.42 Å². The van der Waals surface area contributed by atoms with Crippen LogP contribution in [0, 0.1) is 5.92 Å². The van der Waals surface area contributed by atoms with Crippen LogP contribution < -0.4 is 0 Å². The second-order valence-corrected chi connectivity index (χ2v) is 4.84. The highest BCUT2D eigenvalue weighted by Crippen LogP contribution is 2.31. The minimum absolute atomic E-state index is 0.0590. The second kappa shape index (κ2) is 4.78. The minimum Gasteiger partial charge on any atom is -0.508 e. The number of phenols is 1. The maximum Gasteiger partial charge on any atom is 0.225 e. The predicted molar refractivity (Wildman–Crippen MR) is 66.6 cm³/mol. The molecule has 1 aromatic rings. The van der Waals surface area contributed by atoms with E-state index in [0.717, 1.165) is 18.4 Å². The van der Waals surface area contributed by atoms with Gasteiger partial charge in [-0.25, -0.2) is 0 Å². The van der Waals surface area contributed by atoms with Gasteiger partial charge in [-0.3, -0.25) is 4.79 Å². The van der Waals surface area contributed by atoms with Crippen LogP contribution in [0.4, 0.5) is 0 Å². The number of nitrogens with zero attached hydrogens (tertiary/aromatic N) is 1. The molecule has 1 amide bonds. The maximum atomic E-state index is 12.1. The normalized spacial score (nSPS) is 17.3. The maximum absolute atomic E-state index is 12.1. The Kier molecular flexibility index (Phi) is 3.36. The molecule has 92 valence electrons. The fraction of sp³-hybridized carbons (Fsp3) is 0.500. The molecule has 3 heteroatoms. The van der Waals surface area contributed by atoms with E-state index in [0.29, 0.717) is 0 Å². The Hall–Kier alpha value is -1.51. The Morgan fingerprint density at radius 1 is 1.35 bits per heavy atom. The number of hydrogen-bond donors (Lipinski definition) is 1. The van der Waals surface area contributed by atoms with Crippen molar-refractivity contribution < 1.29 is 9.90 Å². The number of carbonyl (C=O) groups excluding carboxylic acids is 1. The molecule has 17 heavy (non-hydrogen) atoms. The molecule has 1 aliphatic rings. The summed E-state index contributed by atoms with van der Waals surface area (Å²) in [6.07, 6.45) is 3.24. The van der Waals surface area contributed by atoms with Gasteiger partial charge >= 0.3 is 0 Å². The van der Waals surface area contributed by atoms with E-state index in [4.69, 9.17) is 0 Å². The molecule has 3 nitrogen and oxygen atoms in total. The molecule has 1 aliphatic carbocycles. The first-order valence-corrected chi connectivity index (χ1v) is 6.15. The molecule has 0 saturated heterocycles. The summed E-state index contributed by atoms with van der Waals surface area (Å²) in [6.45, 7) is 2.02. The molecule has 0 aliphatic heterocycles. The first-order valence-electron chi connectivity index (χ1n) is 6.15. The zero-order chi connectivity index (χ0) is 12.4. The number of benzene rings is 1. The van der Waals surface area contributed by atoms with Gasteiger partial charge in [-0.1, -0.05) is 18.6 Å². The van der Waals surface area contributed by atoms with Gasteiger partial charge in [0.15, 0.2) is 0 Å². The van der Waals surface area contributed by atoms with Crippen molar-refractivity contribution in [2.24, 2.45) is 5.92 Å². The van der Waals surface area contributed by atoms with Crippen LogP contribution in [0.25, 0.3) is 0 Å². The van der Waals surface area contributed by atoms with Gasteiger partial charge in [0.1, 0.15) is 5.75 Å². The van der Waals surface area contributed by atoms with Crippen molar-refractivity contribution in [2.75, 3.05) is 7.05 Å². The molecule has 1 aromatic carbocycles. The Labute approximate surface area is 102 Å². The Balaban J connectivity index is 2.05. The van der Waals surface area contributed by atoms with Crippen molar-refractivity contribution in [3.63, 3.8) is 0 Å². The lowest BCUT2D eigenvalue weighted by Crippen LogP contribution is -2.37. The van der Waals surface area contributed by atoms with Crippen LogP contribution in [0.15, 0.2) is 24.3 Å². The van der Waals surface area contributed by atoms with Crippen LogP contribution in [0.2, 0.25) is 0 Å². The van der Waals surface area contributed by atoms with Crippen LogP contribution in [0.3, 0.4) is 0 Å². The summed E-state index contributed by atoms with van der Waals surface area (Å²) in [6, 6.07) is 7.11. The molecule has 0 spiro atoms. The molecule has 0 aromatic heterocycles.